The van der Waals surface area contributed by atoms with E-state index in [-0.39, 0.29) is 31.2 Å². The number of esters is 2. The Bertz CT molecular complexity index is 611. The smallest absolute Gasteiger partial charge is 0.328 e. The van der Waals surface area contributed by atoms with Gasteiger partial charge in [-0.2, -0.15) is 0 Å². The summed E-state index contributed by atoms with van der Waals surface area (Å²) < 4.78 is 10.3. The van der Waals surface area contributed by atoms with Crippen molar-refractivity contribution in [3.8, 4) is 0 Å². The van der Waals surface area contributed by atoms with E-state index in [4.69, 9.17) is 9.47 Å². The molecule has 7 nitrogen and oxygen atoms in total. The van der Waals surface area contributed by atoms with Crippen LogP contribution in [0.2, 0.25) is 0 Å². The number of likely N-dealkylation sites (tertiary alicyclic amines) is 1. The van der Waals surface area contributed by atoms with Crippen LogP contribution < -0.4 is 0 Å². The number of hydrogen-bond donors (Lipinski definition) is 1. The molecule has 0 aromatic heterocycles. The Morgan fingerprint density at radius 1 is 1.27 bits per heavy atom. The number of aliphatic hydroxyl groups excluding tert-OH is 1. The van der Waals surface area contributed by atoms with Crippen molar-refractivity contribution in [3.63, 3.8) is 0 Å². The van der Waals surface area contributed by atoms with Crippen LogP contribution in [0, 0.1) is 17.8 Å². The lowest BCUT2D eigenvalue weighted by molar-refractivity contribution is -0.160. The Morgan fingerprint density at radius 2 is 1.90 bits per heavy atom. The van der Waals surface area contributed by atoms with E-state index in [9.17, 15) is 19.5 Å². The largest absolute Gasteiger partial charge is 0.467 e. The molecule has 0 aliphatic carbocycles. The molecule has 0 spiro atoms. The standard InChI is InChI=1S/C23H39NO6/c1-8-9-10-15(2)11-16(3)18(13-20(26)30-23(4,5)6)21(27)24-14-17(25)12-19(24)22(28)29-7/h8,15-19,25H,1,9-14H2,2-7H3/t15?,16-,17-,18+,19+/m1/s1. The molecule has 30 heavy (non-hydrogen) atoms. The van der Waals surface area contributed by atoms with Crippen molar-refractivity contribution in [3.05, 3.63) is 12.7 Å². The molecule has 1 unspecified atom stereocenters. The SMILES string of the molecule is C=CCCC(C)C[C@@H](C)[C@H](CC(=O)OC(C)(C)C)C(=O)N1C[C@H](O)C[C@H]1C(=O)OC. The van der Waals surface area contributed by atoms with E-state index < -0.39 is 35.6 Å². The summed E-state index contributed by atoms with van der Waals surface area (Å²) in [5.41, 5.74) is -0.649. The molecule has 1 saturated heterocycles. The van der Waals surface area contributed by atoms with E-state index in [2.05, 4.69) is 13.5 Å². The van der Waals surface area contributed by atoms with Gasteiger partial charge >= 0.3 is 11.9 Å². The van der Waals surface area contributed by atoms with Gasteiger partial charge in [-0.25, -0.2) is 4.79 Å². The Morgan fingerprint density at radius 3 is 2.43 bits per heavy atom. The van der Waals surface area contributed by atoms with Crippen molar-refractivity contribution >= 4 is 17.8 Å². The summed E-state index contributed by atoms with van der Waals surface area (Å²) in [6, 6.07) is -0.830. The third-order valence-electron chi connectivity index (χ3n) is 5.48. The molecule has 1 fully saturated rings. The molecule has 172 valence electrons. The molecule has 0 aromatic carbocycles. The second kappa shape index (κ2) is 11.5. The quantitative estimate of drug-likeness (QED) is 0.427. The maximum Gasteiger partial charge on any atom is 0.328 e. The molecule has 0 radical (unpaired) electrons. The summed E-state index contributed by atoms with van der Waals surface area (Å²) in [5.74, 6) is -1.68. The van der Waals surface area contributed by atoms with Crippen molar-refractivity contribution in [1.29, 1.82) is 0 Å². The molecular formula is C23H39NO6. The first-order valence-electron chi connectivity index (χ1n) is 10.8. The van der Waals surface area contributed by atoms with Gasteiger partial charge in [-0.05, 0) is 51.9 Å². The van der Waals surface area contributed by atoms with Crippen LogP contribution in [-0.4, -0.2) is 59.3 Å². The van der Waals surface area contributed by atoms with Gasteiger partial charge < -0.3 is 19.5 Å². The minimum absolute atomic E-state index is 0.0577. The van der Waals surface area contributed by atoms with Gasteiger partial charge in [0.25, 0.3) is 0 Å². The summed E-state index contributed by atoms with van der Waals surface area (Å²) in [6.07, 6.45) is 3.76. The lowest BCUT2D eigenvalue weighted by Gasteiger charge is -2.32. The summed E-state index contributed by atoms with van der Waals surface area (Å²) in [4.78, 5) is 39.5. The predicted octanol–water partition coefficient (Wildman–Crippen LogP) is 3.10. The van der Waals surface area contributed by atoms with Gasteiger partial charge in [0.05, 0.1) is 25.6 Å². The zero-order chi connectivity index (χ0) is 23.1. The van der Waals surface area contributed by atoms with Crippen molar-refractivity contribution in [2.24, 2.45) is 17.8 Å². The van der Waals surface area contributed by atoms with E-state index in [0.29, 0.717) is 5.92 Å². The number of nitrogens with zero attached hydrogens (tertiary/aromatic N) is 1. The average Bonchev–Trinajstić information content (AvgIpc) is 3.03. The zero-order valence-electron chi connectivity index (χ0n) is 19.3. The minimum atomic E-state index is -0.830. The molecule has 1 N–H and O–H groups in total. The van der Waals surface area contributed by atoms with Crippen LogP contribution in [0.25, 0.3) is 0 Å². The van der Waals surface area contributed by atoms with Gasteiger partial charge in [-0.15, -0.1) is 6.58 Å². The van der Waals surface area contributed by atoms with E-state index in [0.717, 1.165) is 19.3 Å². The first-order chi connectivity index (χ1) is 13.9. The van der Waals surface area contributed by atoms with Crippen molar-refractivity contribution in [2.45, 2.75) is 84.5 Å². The van der Waals surface area contributed by atoms with Crippen LogP contribution in [0.1, 0.15) is 66.7 Å². The Kier molecular flexibility index (Phi) is 10.0. The van der Waals surface area contributed by atoms with E-state index >= 15 is 0 Å². The Balaban J connectivity index is 3.05. The van der Waals surface area contributed by atoms with Gasteiger partial charge in [0.1, 0.15) is 11.6 Å². The van der Waals surface area contributed by atoms with Gasteiger partial charge in [-0.3, -0.25) is 9.59 Å². The fourth-order valence-corrected chi connectivity index (χ4v) is 4.04. The highest BCUT2D eigenvalue weighted by molar-refractivity contribution is 5.89. The first kappa shape index (κ1) is 26.1. The highest BCUT2D eigenvalue weighted by atomic mass is 16.6. The lowest BCUT2D eigenvalue weighted by Crippen LogP contribution is -2.46. The number of carbonyl (C=O) groups excluding carboxylic acids is 3. The molecule has 1 rings (SSSR count). The van der Waals surface area contributed by atoms with Crippen LogP contribution in [0.15, 0.2) is 12.7 Å². The number of carbonyl (C=O) groups is 3. The highest BCUT2D eigenvalue weighted by Crippen LogP contribution is 2.31. The second-order valence-electron chi connectivity index (χ2n) is 9.50. The zero-order valence-corrected chi connectivity index (χ0v) is 19.3. The minimum Gasteiger partial charge on any atom is -0.467 e. The molecule has 1 heterocycles. The normalized spacial score (nSPS) is 22.2. The predicted molar refractivity (Wildman–Crippen MR) is 114 cm³/mol. The Labute approximate surface area is 180 Å². The van der Waals surface area contributed by atoms with Crippen LogP contribution >= 0.6 is 0 Å². The topological polar surface area (TPSA) is 93.1 Å². The summed E-state index contributed by atoms with van der Waals surface area (Å²) in [6.45, 7) is 13.2. The molecule has 1 aliphatic heterocycles. The molecule has 7 heteroatoms. The van der Waals surface area contributed by atoms with E-state index in [1.165, 1.54) is 12.0 Å². The number of hydrogen-bond acceptors (Lipinski definition) is 6. The van der Waals surface area contributed by atoms with Gasteiger partial charge in [0.2, 0.25) is 5.91 Å². The molecular weight excluding hydrogens is 386 g/mol. The third kappa shape index (κ3) is 8.09. The summed E-state index contributed by atoms with van der Waals surface area (Å²) in [5, 5.41) is 10.1. The first-order valence-corrected chi connectivity index (χ1v) is 10.8. The molecule has 1 aliphatic rings. The number of amides is 1. The number of rotatable bonds is 10. The molecule has 0 bridgehead atoms. The molecule has 0 saturated carbocycles. The fraction of sp³-hybridized carbons (Fsp3) is 0.783. The third-order valence-corrected chi connectivity index (χ3v) is 5.48. The van der Waals surface area contributed by atoms with Crippen molar-refractivity contribution < 1.29 is 29.0 Å². The number of methoxy groups -OCH3 is 1. The highest BCUT2D eigenvalue weighted by Gasteiger charge is 2.43. The molecule has 0 aromatic rings. The second-order valence-corrected chi connectivity index (χ2v) is 9.50. The monoisotopic (exact) mass is 425 g/mol. The van der Waals surface area contributed by atoms with Crippen LogP contribution in [-0.2, 0) is 23.9 Å². The fourth-order valence-electron chi connectivity index (χ4n) is 4.04. The van der Waals surface area contributed by atoms with Gasteiger partial charge in [0, 0.05) is 13.0 Å². The van der Waals surface area contributed by atoms with Gasteiger partial charge in [-0.1, -0.05) is 19.9 Å². The maximum atomic E-state index is 13.4. The number of allylic oxidation sites excluding steroid dienone is 1. The number of ether oxygens (including phenoxy) is 2. The Hall–Kier alpha value is -1.89. The van der Waals surface area contributed by atoms with Crippen LogP contribution in [0.5, 0.6) is 0 Å². The summed E-state index contributed by atoms with van der Waals surface area (Å²) >= 11 is 0. The van der Waals surface area contributed by atoms with Crippen molar-refractivity contribution in [2.75, 3.05) is 13.7 Å². The van der Waals surface area contributed by atoms with E-state index in [1.807, 2.05) is 13.0 Å². The maximum absolute atomic E-state index is 13.4. The van der Waals surface area contributed by atoms with Crippen molar-refractivity contribution in [1.82, 2.24) is 4.90 Å². The van der Waals surface area contributed by atoms with Gasteiger partial charge in [0.15, 0.2) is 0 Å². The lowest BCUT2D eigenvalue weighted by atomic mass is 9.82. The number of aliphatic hydroxyl groups is 1. The number of β-amino-alcohol motifs (C(OH)–C–C–N with tert-alkyl or cyclic N) is 1. The van der Waals surface area contributed by atoms with Crippen LogP contribution in [0.3, 0.4) is 0 Å². The summed E-state index contributed by atoms with van der Waals surface area (Å²) in [7, 11) is 1.26. The molecule has 1 amide bonds. The van der Waals surface area contributed by atoms with Crippen LogP contribution in [0.4, 0.5) is 0 Å². The van der Waals surface area contributed by atoms with E-state index in [1.54, 1.807) is 20.8 Å². The molecule has 5 atom stereocenters. The average molecular weight is 426 g/mol.